The lowest BCUT2D eigenvalue weighted by Gasteiger charge is -2.16. The molecule has 0 saturated carbocycles. The first kappa shape index (κ1) is 23.4. The zero-order valence-corrected chi connectivity index (χ0v) is 16.9. The molecule has 0 unspecified atom stereocenters. The maximum absolute atomic E-state index is 11.2. The van der Waals surface area contributed by atoms with Gasteiger partial charge in [0.1, 0.15) is 6.10 Å². The number of rotatable bonds is 11. The average Bonchev–Trinajstić information content (AvgIpc) is 2.45. The van der Waals surface area contributed by atoms with Gasteiger partial charge in [-0.3, -0.25) is 4.79 Å². The Balaban J connectivity index is 4.43. The molecule has 0 amide bonds. The van der Waals surface area contributed by atoms with Crippen LogP contribution in [0.5, 0.6) is 0 Å². The summed E-state index contributed by atoms with van der Waals surface area (Å²) in [5.74, 6) is -0.246. The lowest BCUT2D eigenvalue weighted by Crippen LogP contribution is -2.19. The molecule has 0 bridgehead atoms. The third-order valence-electron chi connectivity index (χ3n) is 3.97. The molecule has 0 aliphatic heterocycles. The summed E-state index contributed by atoms with van der Waals surface area (Å²) in [6.07, 6.45) is 12.0. The van der Waals surface area contributed by atoms with Crippen molar-refractivity contribution in [2.24, 2.45) is 0 Å². The van der Waals surface area contributed by atoms with Gasteiger partial charge in [0, 0.05) is 13.3 Å². The minimum Gasteiger partial charge on any atom is -0.458 e. The van der Waals surface area contributed by atoms with Crippen molar-refractivity contribution >= 4 is 5.97 Å². The highest BCUT2D eigenvalue weighted by molar-refractivity contribution is 5.66. The van der Waals surface area contributed by atoms with Crippen molar-refractivity contribution < 1.29 is 14.6 Å². The van der Waals surface area contributed by atoms with Gasteiger partial charge in [0.15, 0.2) is 0 Å². The van der Waals surface area contributed by atoms with E-state index in [4.69, 9.17) is 4.74 Å². The second-order valence-corrected chi connectivity index (χ2v) is 7.34. The van der Waals surface area contributed by atoms with Gasteiger partial charge in [0.2, 0.25) is 0 Å². The Morgan fingerprint density at radius 3 is 2.24 bits per heavy atom. The molecule has 0 spiro atoms. The van der Waals surface area contributed by atoms with Crippen LogP contribution in [0.15, 0.2) is 47.6 Å². The van der Waals surface area contributed by atoms with E-state index < -0.39 is 5.60 Å². The number of allylic oxidation sites excluding steroid dienone is 4. The lowest BCUT2D eigenvalue weighted by atomic mass is 9.99. The van der Waals surface area contributed by atoms with Crippen molar-refractivity contribution in [2.75, 3.05) is 0 Å². The largest absolute Gasteiger partial charge is 0.458 e. The van der Waals surface area contributed by atoms with Crippen molar-refractivity contribution in [1.82, 2.24) is 0 Å². The monoisotopic (exact) mass is 348 g/mol. The van der Waals surface area contributed by atoms with Crippen LogP contribution < -0.4 is 0 Å². The summed E-state index contributed by atoms with van der Waals surface area (Å²) in [5.41, 5.74) is 2.91. The molecule has 0 rings (SSSR count). The SMILES string of the molecule is C=C[C@@](C)(O)CC/C=C(\C)CC/C=C(\C)C[C@@H](C=C(C)C)OC(C)=O. The third-order valence-corrected chi connectivity index (χ3v) is 3.97. The maximum Gasteiger partial charge on any atom is 0.303 e. The summed E-state index contributed by atoms with van der Waals surface area (Å²) in [5, 5.41) is 9.90. The quantitative estimate of drug-likeness (QED) is 0.387. The molecule has 0 aliphatic carbocycles. The first-order chi connectivity index (χ1) is 11.6. The van der Waals surface area contributed by atoms with Crippen molar-refractivity contribution in [1.29, 1.82) is 0 Å². The Morgan fingerprint density at radius 2 is 1.72 bits per heavy atom. The molecule has 0 fully saturated rings. The second-order valence-electron chi connectivity index (χ2n) is 7.34. The fraction of sp³-hybridized carbons (Fsp3) is 0.591. The molecule has 0 saturated heterocycles. The first-order valence-corrected chi connectivity index (χ1v) is 9.05. The minimum absolute atomic E-state index is 0.184. The Hall–Kier alpha value is -1.61. The van der Waals surface area contributed by atoms with Crippen molar-refractivity contribution in [3.63, 3.8) is 0 Å². The number of aliphatic hydroxyl groups is 1. The molecule has 0 radical (unpaired) electrons. The van der Waals surface area contributed by atoms with Crippen molar-refractivity contribution in [3.05, 3.63) is 47.6 Å². The molecule has 142 valence electrons. The van der Waals surface area contributed by atoms with Crippen LogP contribution in [0.4, 0.5) is 0 Å². The van der Waals surface area contributed by atoms with E-state index in [2.05, 4.69) is 32.6 Å². The summed E-state index contributed by atoms with van der Waals surface area (Å²) >= 11 is 0. The van der Waals surface area contributed by atoms with Crippen LogP contribution in [-0.4, -0.2) is 22.8 Å². The van der Waals surface area contributed by atoms with E-state index in [1.165, 1.54) is 18.1 Å². The molecular weight excluding hydrogens is 312 g/mol. The van der Waals surface area contributed by atoms with E-state index in [0.717, 1.165) is 31.3 Å². The molecule has 1 N–H and O–H groups in total. The van der Waals surface area contributed by atoms with Gasteiger partial charge in [0.05, 0.1) is 5.60 Å². The van der Waals surface area contributed by atoms with E-state index in [9.17, 15) is 9.90 Å². The lowest BCUT2D eigenvalue weighted by molar-refractivity contribution is -0.144. The van der Waals surface area contributed by atoms with E-state index in [0.29, 0.717) is 6.42 Å². The minimum atomic E-state index is -0.788. The maximum atomic E-state index is 11.2. The number of carbonyl (C=O) groups is 1. The molecule has 0 aromatic heterocycles. The van der Waals surface area contributed by atoms with Crippen LogP contribution in [0.3, 0.4) is 0 Å². The summed E-state index contributed by atoms with van der Waals surface area (Å²) in [6.45, 7) is 15.1. The Bertz CT molecular complexity index is 517. The highest BCUT2D eigenvalue weighted by Gasteiger charge is 2.13. The fourth-order valence-electron chi connectivity index (χ4n) is 2.48. The van der Waals surface area contributed by atoms with Crippen molar-refractivity contribution in [3.8, 4) is 0 Å². The third kappa shape index (κ3) is 13.4. The highest BCUT2D eigenvalue weighted by atomic mass is 16.5. The van der Waals surface area contributed by atoms with Crippen LogP contribution in [0, 0.1) is 0 Å². The number of hydrogen-bond acceptors (Lipinski definition) is 3. The van der Waals surface area contributed by atoms with Gasteiger partial charge < -0.3 is 9.84 Å². The molecule has 0 aromatic rings. The number of esters is 1. The standard InChI is InChI=1S/C22H36O3/c1-8-22(7,24)14-10-13-18(4)11-9-12-19(5)16-21(15-17(2)3)25-20(6)23/h8,12-13,15,21,24H,1,9-11,14,16H2,2-7H3/b18-13+,19-12+/t21-,22-/m1/s1. The van der Waals surface area contributed by atoms with Crippen LogP contribution in [0.2, 0.25) is 0 Å². The Labute approximate surface area is 154 Å². The van der Waals surface area contributed by atoms with E-state index in [1.807, 2.05) is 19.9 Å². The molecule has 0 aromatic carbocycles. The van der Waals surface area contributed by atoms with Gasteiger partial charge in [-0.2, -0.15) is 0 Å². The molecule has 25 heavy (non-hydrogen) atoms. The van der Waals surface area contributed by atoms with E-state index >= 15 is 0 Å². The molecule has 0 heterocycles. The van der Waals surface area contributed by atoms with E-state index in [1.54, 1.807) is 13.0 Å². The topological polar surface area (TPSA) is 46.5 Å². The predicted molar refractivity (Wildman–Crippen MR) is 106 cm³/mol. The fourth-order valence-corrected chi connectivity index (χ4v) is 2.48. The van der Waals surface area contributed by atoms with Crippen LogP contribution in [0.1, 0.15) is 73.6 Å². The van der Waals surface area contributed by atoms with Gasteiger partial charge in [-0.1, -0.05) is 34.9 Å². The molecule has 0 aliphatic rings. The number of hydrogen-bond donors (Lipinski definition) is 1. The van der Waals surface area contributed by atoms with Gasteiger partial charge in [-0.15, -0.1) is 6.58 Å². The van der Waals surface area contributed by atoms with Gasteiger partial charge in [-0.05, 0) is 66.4 Å². The van der Waals surface area contributed by atoms with Gasteiger partial charge >= 0.3 is 5.97 Å². The second kappa shape index (κ2) is 11.9. The zero-order chi connectivity index (χ0) is 19.5. The van der Waals surface area contributed by atoms with Crippen LogP contribution in [-0.2, 0) is 9.53 Å². The normalized spacial score (nSPS) is 16.0. The van der Waals surface area contributed by atoms with Crippen molar-refractivity contribution in [2.45, 2.75) is 85.4 Å². The van der Waals surface area contributed by atoms with Gasteiger partial charge in [0.25, 0.3) is 0 Å². The molecule has 3 heteroatoms. The summed E-state index contributed by atoms with van der Waals surface area (Å²) < 4.78 is 5.36. The van der Waals surface area contributed by atoms with Gasteiger partial charge in [-0.25, -0.2) is 0 Å². The highest BCUT2D eigenvalue weighted by Crippen LogP contribution is 2.17. The van der Waals surface area contributed by atoms with Crippen LogP contribution >= 0.6 is 0 Å². The molecule has 3 nitrogen and oxygen atoms in total. The Morgan fingerprint density at radius 1 is 1.12 bits per heavy atom. The summed E-state index contributed by atoms with van der Waals surface area (Å²) in [4.78, 5) is 11.2. The molecule has 2 atom stereocenters. The zero-order valence-electron chi connectivity index (χ0n) is 16.9. The summed E-state index contributed by atoms with van der Waals surface area (Å²) in [7, 11) is 0. The average molecular weight is 349 g/mol. The predicted octanol–water partition coefficient (Wildman–Crippen LogP) is 5.66. The number of carbonyl (C=O) groups excluding carboxylic acids is 1. The summed E-state index contributed by atoms with van der Waals surface area (Å²) in [6, 6.07) is 0. The first-order valence-electron chi connectivity index (χ1n) is 9.05. The number of ether oxygens (including phenoxy) is 1. The van der Waals surface area contributed by atoms with E-state index in [-0.39, 0.29) is 12.1 Å². The van der Waals surface area contributed by atoms with Crippen LogP contribution in [0.25, 0.3) is 0 Å². The molecular formula is C22H36O3. The Kier molecular flexibility index (Phi) is 11.1. The smallest absolute Gasteiger partial charge is 0.303 e.